The van der Waals surface area contributed by atoms with Gasteiger partial charge in [-0.25, -0.2) is 0 Å². The number of pyridine rings is 1. The molecular weight excluding hydrogens is 326 g/mol. The Kier molecular flexibility index (Phi) is 5.01. The van der Waals surface area contributed by atoms with Crippen LogP contribution >= 0.6 is 11.6 Å². The van der Waals surface area contributed by atoms with Crippen molar-refractivity contribution in [3.63, 3.8) is 0 Å². The van der Waals surface area contributed by atoms with Crippen molar-refractivity contribution in [2.45, 2.75) is 13.0 Å². The molecule has 0 radical (unpaired) electrons. The van der Waals surface area contributed by atoms with Gasteiger partial charge in [0.25, 0.3) is 0 Å². The van der Waals surface area contributed by atoms with Gasteiger partial charge in [-0.05, 0) is 41.5 Å². The number of ether oxygens (including phenoxy) is 1. The Morgan fingerprint density at radius 1 is 1.21 bits per heavy atom. The molecule has 2 heterocycles. The van der Waals surface area contributed by atoms with Crippen LogP contribution in [0.3, 0.4) is 0 Å². The molecule has 3 aromatic rings. The largest absolute Gasteiger partial charge is 0.493 e. The lowest BCUT2D eigenvalue weighted by Gasteiger charge is -2.10. The highest BCUT2D eigenvalue weighted by atomic mass is 35.5. The number of hydrogen-bond acceptors (Lipinski definition) is 3. The maximum Gasteiger partial charge on any atom is 0.250 e. The summed E-state index contributed by atoms with van der Waals surface area (Å²) in [7, 11) is 1.73. The smallest absolute Gasteiger partial charge is 0.250 e. The zero-order chi connectivity index (χ0) is 16.9. The molecule has 24 heavy (non-hydrogen) atoms. The number of halogens is 1. The van der Waals surface area contributed by atoms with Gasteiger partial charge in [-0.3, -0.25) is 9.48 Å². The maximum atomic E-state index is 11.5. The van der Waals surface area contributed by atoms with E-state index < -0.39 is 0 Å². The summed E-state index contributed by atoms with van der Waals surface area (Å²) in [6, 6.07) is 10.8. The third kappa shape index (κ3) is 4.06. The number of nitrogens with zero attached hydrogens (tertiary/aromatic N) is 3. The normalized spacial score (nSPS) is 10.8. The summed E-state index contributed by atoms with van der Waals surface area (Å²) >= 11 is 6.20. The minimum Gasteiger partial charge on any atom is -0.493 e. The van der Waals surface area contributed by atoms with Crippen molar-refractivity contribution in [3.8, 4) is 16.9 Å². The van der Waals surface area contributed by atoms with Gasteiger partial charge < -0.3 is 9.30 Å². The average molecular weight is 344 g/mol. The fourth-order valence-electron chi connectivity index (χ4n) is 2.43. The van der Waals surface area contributed by atoms with E-state index in [1.807, 2.05) is 29.1 Å². The molecule has 0 saturated carbocycles. The van der Waals surface area contributed by atoms with Crippen LogP contribution in [0.1, 0.15) is 6.42 Å². The Morgan fingerprint density at radius 2 is 2.08 bits per heavy atom. The van der Waals surface area contributed by atoms with Gasteiger partial charge >= 0.3 is 0 Å². The van der Waals surface area contributed by atoms with E-state index in [2.05, 4.69) is 5.10 Å². The van der Waals surface area contributed by atoms with E-state index in [0.29, 0.717) is 17.4 Å². The summed E-state index contributed by atoms with van der Waals surface area (Å²) in [5.41, 5.74) is 1.79. The van der Waals surface area contributed by atoms with E-state index in [9.17, 15) is 4.79 Å². The van der Waals surface area contributed by atoms with Crippen molar-refractivity contribution in [2.24, 2.45) is 7.05 Å². The number of rotatable bonds is 6. The van der Waals surface area contributed by atoms with Gasteiger partial charge in [-0.1, -0.05) is 11.6 Å². The van der Waals surface area contributed by atoms with E-state index in [-0.39, 0.29) is 5.56 Å². The van der Waals surface area contributed by atoms with Gasteiger partial charge in [0.1, 0.15) is 5.75 Å². The monoisotopic (exact) mass is 343 g/mol. The second kappa shape index (κ2) is 7.36. The fraction of sp³-hybridized carbons (Fsp3) is 0.222. The molecule has 3 rings (SSSR count). The standard InChI is InChI=1S/C18H18ClN3O2/c1-21-13-14(4-5-18(21)23)15-10-16(19)12-17(11-15)24-9-3-8-22-7-2-6-20-22/h2,4-7,10-13H,3,8-9H2,1H3. The molecule has 0 spiro atoms. The van der Waals surface area contributed by atoms with Gasteiger partial charge in [0, 0.05) is 49.7 Å². The second-order valence-corrected chi connectivity index (χ2v) is 5.95. The first-order valence-corrected chi connectivity index (χ1v) is 8.07. The first-order chi connectivity index (χ1) is 11.6. The van der Waals surface area contributed by atoms with Crippen LogP contribution in [0.15, 0.2) is 59.8 Å². The van der Waals surface area contributed by atoms with E-state index in [1.54, 1.807) is 42.2 Å². The second-order valence-electron chi connectivity index (χ2n) is 5.51. The molecule has 0 aliphatic rings. The van der Waals surface area contributed by atoms with Crippen LogP contribution in [0, 0.1) is 0 Å². The lowest BCUT2D eigenvalue weighted by molar-refractivity contribution is 0.299. The van der Waals surface area contributed by atoms with Crippen LogP contribution in [-0.2, 0) is 13.6 Å². The number of benzene rings is 1. The third-order valence-electron chi connectivity index (χ3n) is 3.65. The van der Waals surface area contributed by atoms with Crippen molar-refractivity contribution in [1.82, 2.24) is 14.3 Å². The molecule has 6 heteroatoms. The number of aryl methyl sites for hydroxylation is 2. The fourth-order valence-corrected chi connectivity index (χ4v) is 2.65. The molecular formula is C18H18ClN3O2. The summed E-state index contributed by atoms with van der Waals surface area (Å²) in [5.74, 6) is 0.715. The summed E-state index contributed by atoms with van der Waals surface area (Å²) in [4.78, 5) is 11.5. The van der Waals surface area contributed by atoms with Crippen molar-refractivity contribution < 1.29 is 4.74 Å². The van der Waals surface area contributed by atoms with Gasteiger partial charge in [-0.15, -0.1) is 0 Å². The molecule has 0 atom stereocenters. The Labute approximate surface area is 145 Å². The highest BCUT2D eigenvalue weighted by Crippen LogP contribution is 2.28. The van der Waals surface area contributed by atoms with Crippen molar-refractivity contribution in [2.75, 3.05) is 6.61 Å². The molecule has 5 nitrogen and oxygen atoms in total. The van der Waals surface area contributed by atoms with Crippen LogP contribution < -0.4 is 10.3 Å². The lowest BCUT2D eigenvalue weighted by atomic mass is 10.1. The Morgan fingerprint density at radius 3 is 2.83 bits per heavy atom. The topological polar surface area (TPSA) is 49.0 Å². The molecule has 0 amide bonds. The summed E-state index contributed by atoms with van der Waals surface area (Å²) in [6.45, 7) is 1.38. The van der Waals surface area contributed by atoms with E-state index in [0.717, 1.165) is 24.1 Å². The molecule has 0 N–H and O–H groups in total. The summed E-state index contributed by atoms with van der Waals surface area (Å²) in [5, 5.41) is 4.76. The minimum atomic E-state index is -0.0455. The summed E-state index contributed by atoms with van der Waals surface area (Å²) < 4.78 is 9.22. The van der Waals surface area contributed by atoms with E-state index >= 15 is 0 Å². The molecule has 0 aliphatic heterocycles. The van der Waals surface area contributed by atoms with Gasteiger partial charge in [0.15, 0.2) is 0 Å². The highest BCUT2D eigenvalue weighted by molar-refractivity contribution is 6.31. The van der Waals surface area contributed by atoms with Crippen LogP contribution in [-0.4, -0.2) is 21.0 Å². The SMILES string of the molecule is Cn1cc(-c2cc(Cl)cc(OCCCn3cccn3)c2)ccc1=O. The van der Waals surface area contributed by atoms with Crippen LogP contribution in [0.25, 0.3) is 11.1 Å². The number of hydrogen-bond donors (Lipinski definition) is 0. The molecule has 0 aliphatic carbocycles. The van der Waals surface area contributed by atoms with E-state index in [4.69, 9.17) is 16.3 Å². The Bertz CT molecular complexity index is 872. The lowest BCUT2D eigenvalue weighted by Crippen LogP contribution is -2.13. The molecule has 2 aromatic heterocycles. The zero-order valence-corrected chi connectivity index (χ0v) is 14.1. The predicted octanol–water partition coefficient (Wildman–Crippen LogP) is 3.37. The first kappa shape index (κ1) is 16.3. The quantitative estimate of drug-likeness (QED) is 0.645. The number of aromatic nitrogens is 3. The molecule has 124 valence electrons. The maximum absolute atomic E-state index is 11.5. The zero-order valence-electron chi connectivity index (χ0n) is 13.4. The van der Waals surface area contributed by atoms with E-state index in [1.165, 1.54) is 0 Å². The van der Waals surface area contributed by atoms with Crippen LogP contribution in [0.2, 0.25) is 5.02 Å². The molecule has 0 unspecified atom stereocenters. The molecule has 1 aromatic carbocycles. The Hall–Kier alpha value is -2.53. The minimum absolute atomic E-state index is 0.0455. The van der Waals surface area contributed by atoms with Gasteiger partial charge in [-0.2, -0.15) is 5.10 Å². The van der Waals surface area contributed by atoms with Gasteiger partial charge in [0.2, 0.25) is 5.56 Å². The molecule has 0 fully saturated rings. The van der Waals surface area contributed by atoms with Crippen LogP contribution in [0.5, 0.6) is 5.75 Å². The molecule has 0 bridgehead atoms. The third-order valence-corrected chi connectivity index (χ3v) is 3.87. The first-order valence-electron chi connectivity index (χ1n) is 7.70. The van der Waals surface area contributed by atoms with Crippen molar-refractivity contribution in [1.29, 1.82) is 0 Å². The summed E-state index contributed by atoms with van der Waals surface area (Å²) in [6.07, 6.45) is 6.33. The van der Waals surface area contributed by atoms with Crippen molar-refractivity contribution in [3.05, 3.63) is 70.4 Å². The predicted molar refractivity (Wildman–Crippen MR) is 94.5 cm³/mol. The van der Waals surface area contributed by atoms with Gasteiger partial charge in [0.05, 0.1) is 6.61 Å². The van der Waals surface area contributed by atoms with Crippen LogP contribution in [0.4, 0.5) is 0 Å². The average Bonchev–Trinajstić information content (AvgIpc) is 3.07. The Balaban J connectivity index is 1.69. The van der Waals surface area contributed by atoms with Crippen molar-refractivity contribution >= 4 is 11.6 Å². The highest BCUT2D eigenvalue weighted by Gasteiger charge is 2.05. The molecule has 0 saturated heterocycles.